The van der Waals surface area contributed by atoms with Gasteiger partial charge < -0.3 is 4.52 Å². The van der Waals surface area contributed by atoms with Crippen molar-refractivity contribution >= 4 is 0 Å². The molecule has 0 fully saturated rings. The van der Waals surface area contributed by atoms with E-state index in [0.29, 0.717) is 12.3 Å². The van der Waals surface area contributed by atoms with E-state index in [1.807, 2.05) is 18.2 Å². The minimum atomic E-state index is 0.403. The monoisotopic (exact) mass is 259 g/mol. The zero-order chi connectivity index (χ0) is 13.5. The zero-order valence-electron chi connectivity index (χ0n) is 11.7. The molecule has 0 unspecified atom stereocenters. The minimum Gasteiger partial charge on any atom is -0.339 e. The summed E-state index contributed by atoms with van der Waals surface area (Å²) in [5.41, 5.74) is 0.970. The second-order valence-electron chi connectivity index (χ2n) is 4.82. The van der Waals surface area contributed by atoms with Crippen molar-refractivity contribution in [2.45, 2.75) is 51.9 Å². The molecule has 2 rings (SSSR count). The molecule has 0 N–H and O–H groups in total. The highest BCUT2D eigenvalue weighted by molar-refractivity contribution is 5.09. The van der Waals surface area contributed by atoms with Crippen LogP contribution in [0.2, 0.25) is 0 Å². The second kappa shape index (κ2) is 7.02. The van der Waals surface area contributed by atoms with Crippen LogP contribution in [0.3, 0.4) is 0 Å². The van der Waals surface area contributed by atoms with Gasteiger partial charge in [-0.05, 0) is 25.0 Å². The number of aromatic nitrogens is 3. The van der Waals surface area contributed by atoms with Gasteiger partial charge in [-0.3, -0.25) is 4.98 Å². The second-order valence-corrected chi connectivity index (χ2v) is 4.82. The van der Waals surface area contributed by atoms with Gasteiger partial charge in [0.05, 0.1) is 6.42 Å². The molecule has 0 aromatic carbocycles. The molecule has 2 aromatic heterocycles. The SMILES string of the molecule is CCCC(CCC)c1nc(Cc2ccccn2)no1. The van der Waals surface area contributed by atoms with E-state index < -0.39 is 0 Å². The topological polar surface area (TPSA) is 51.8 Å². The van der Waals surface area contributed by atoms with Crippen LogP contribution in [-0.4, -0.2) is 15.1 Å². The fraction of sp³-hybridized carbons (Fsp3) is 0.533. The van der Waals surface area contributed by atoms with Gasteiger partial charge in [-0.25, -0.2) is 0 Å². The zero-order valence-corrected chi connectivity index (χ0v) is 11.7. The Labute approximate surface area is 114 Å². The molecule has 0 amide bonds. The van der Waals surface area contributed by atoms with E-state index in [1.54, 1.807) is 6.20 Å². The summed E-state index contributed by atoms with van der Waals surface area (Å²) in [4.78, 5) is 8.80. The van der Waals surface area contributed by atoms with Crippen molar-refractivity contribution in [3.05, 3.63) is 41.8 Å². The Hall–Kier alpha value is -1.71. The molecule has 2 heterocycles. The van der Waals surface area contributed by atoms with Gasteiger partial charge in [0.1, 0.15) is 0 Å². The molecule has 0 bridgehead atoms. The van der Waals surface area contributed by atoms with E-state index >= 15 is 0 Å². The Morgan fingerprint density at radius 3 is 2.58 bits per heavy atom. The summed E-state index contributed by atoms with van der Waals surface area (Å²) in [6, 6.07) is 5.86. The maximum absolute atomic E-state index is 5.42. The number of nitrogens with zero attached hydrogens (tertiary/aromatic N) is 3. The molecule has 0 saturated carbocycles. The van der Waals surface area contributed by atoms with Crippen LogP contribution in [0.1, 0.15) is 62.9 Å². The van der Waals surface area contributed by atoms with Crippen LogP contribution in [0.4, 0.5) is 0 Å². The lowest BCUT2D eigenvalue weighted by atomic mass is 9.98. The lowest BCUT2D eigenvalue weighted by molar-refractivity contribution is 0.334. The Morgan fingerprint density at radius 1 is 1.16 bits per heavy atom. The van der Waals surface area contributed by atoms with Gasteiger partial charge in [0.15, 0.2) is 5.82 Å². The Bertz CT molecular complexity index is 475. The highest BCUT2D eigenvalue weighted by Crippen LogP contribution is 2.24. The predicted octanol–water partition coefficient (Wildman–Crippen LogP) is 3.74. The van der Waals surface area contributed by atoms with Crippen molar-refractivity contribution in [1.29, 1.82) is 0 Å². The number of pyridine rings is 1. The normalized spacial score (nSPS) is 11.1. The summed E-state index contributed by atoms with van der Waals surface area (Å²) in [5.74, 6) is 1.92. The molecule has 0 atom stereocenters. The summed E-state index contributed by atoms with van der Waals surface area (Å²) in [7, 11) is 0. The Kier molecular flexibility index (Phi) is 5.07. The molecular formula is C15H21N3O. The first-order chi connectivity index (χ1) is 9.33. The van der Waals surface area contributed by atoms with Gasteiger partial charge in [-0.2, -0.15) is 4.98 Å². The lowest BCUT2D eigenvalue weighted by Crippen LogP contribution is -1.99. The highest BCUT2D eigenvalue weighted by atomic mass is 16.5. The molecule has 102 valence electrons. The fourth-order valence-electron chi connectivity index (χ4n) is 2.26. The molecule has 0 spiro atoms. The van der Waals surface area contributed by atoms with Crippen LogP contribution in [0, 0.1) is 0 Å². The maximum Gasteiger partial charge on any atom is 0.229 e. The van der Waals surface area contributed by atoms with Crippen molar-refractivity contribution in [3.8, 4) is 0 Å². The average molecular weight is 259 g/mol. The van der Waals surface area contributed by atoms with Gasteiger partial charge in [0.25, 0.3) is 0 Å². The summed E-state index contributed by atoms with van der Waals surface area (Å²) < 4.78 is 5.42. The molecule has 4 nitrogen and oxygen atoms in total. The van der Waals surface area contributed by atoms with Gasteiger partial charge in [0, 0.05) is 17.8 Å². The third-order valence-corrected chi connectivity index (χ3v) is 3.17. The number of hydrogen-bond donors (Lipinski definition) is 0. The molecule has 0 radical (unpaired) electrons. The van der Waals surface area contributed by atoms with E-state index in [4.69, 9.17) is 4.52 Å². The van der Waals surface area contributed by atoms with Gasteiger partial charge >= 0.3 is 0 Å². The van der Waals surface area contributed by atoms with Gasteiger partial charge in [-0.1, -0.05) is 37.9 Å². The van der Waals surface area contributed by atoms with Crippen molar-refractivity contribution in [3.63, 3.8) is 0 Å². The smallest absolute Gasteiger partial charge is 0.229 e. The first-order valence-corrected chi connectivity index (χ1v) is 7.05. The average Bonchev–Trinajstić information content (AvgIpc) is 2.88. The minimum absolute atomic E-state index is 0.403. The van der Waals surface area contributed by atoms with Crippen molar-refractivity contribution in [2.75, 3.05) is 0 Å². The van der Waals surface area contributed by atoms with E-state index in [1.165, 1.54) is 0 Å². The lowest BCUT2D eigenvalue weighted by Gasteiger charge is -2.08. The number of hydrogen-bond acceptors (Lipinski definition) is 4. The van der Waals surface area contributed by atoms with E-state index in [-0.39, 0.29) is 0 Å². The van der Waals surface area contributed by atoms with E-state index in [2.05, 4.69) is 29.0 Å². The molecule has 19 heavy (non-hydrogen) atoms. The summed E-state index contributed by atoms with van der Waals surface area (Å²) in [6.07, 6.45) is 6.92. The van der Waals surface area contributed by atoms with Crippen LogP contribution < -0.4 is 0 Å². The summed E-state index contributed by atoms with van der Waals surface area (Å²) in [5, 5.41) is 4.07. The molecule has 0 saturated heterocycles. The van der Waals surface area contributed by atoms with E-state index in [0.717, 1.165) is 43.1 Å². The largest absolute Gasteiger partial charge is 0.339 e. The molecule has 0 aliphatic heterocycles. The highest BCUT2D eigenvalue weighted by Gasteiger charge is 2.17. The molecule has 4 heteroatoms. The Morgan fingerprint density at radius 2 is 1.95 bits per heavy atom. The standard InChI is InChI=1S/C15H21N3O/c1-3-7-12(8-4-2)15-17-14(18-19-15)11-13-9-5-6-10-16-13/h5-6,9-10,12H,3-4,7-8,11H2,1-2H3. The van der Waals surface area contributed by atoms with Crippen molar-refractivity contribution in [1.82, 2.24) is 15.1 Å². The molecule has 0 aliphatic rings. The van der Waals surface area contributed by atoms with Gasteiger partial charge in [0.2, 0.25) is 5.89 Å². The summed E-state index contributed by atoms with van der Waals surface area (Å²) in [6.45, 7) is 4.38. The first kappa shape index (κ1) is 13.7. The van der Waals surface area contributed by atoms with Gasteiger partial charge in [-0.15, -0.1) is 0 Å². The number of rotatable bonds is 7. The van der Waals surface area contributed by atoms with Crippen LogP contribution >= 0.6 is 0 Å². The first-order valence-electron chi connectivity index (χ1n) is 7.05. The molecule has 2 aromatic rings. The van der Waals surface area contributed by atoms with E-state index in [9.17, 15) is 0 Å². The van der Waals surface area contributed by atoms with Crippen molar-refractivity contribution in [2.24, 2.45) is 0 Å². The van der Waals surface area contributed by atoms with Crippen LogP contribution in [0.15, 0.2) is 28.9 Å². The molecule has 0 aliphatic carbocycles. The predicted molar refractivity (Wildman–Crippen MR) is 73.9 cm³/mol. The summed E-state index contributed by atoms with van der Waals surface area (Å²) >= 11 is 0. The quantitative estimate of drug-likeness (QED) is 0.760. The Balaban J connectivity index is 2.05. The van der Waals surface area contributed by atoms with Crippen LogP contribution in [0.5, 0.6) is 0 Å². The van der Waals surface area contributed by atoms with Crippen LogP contribution in [0.25, 0.3) is 0 Å². The van der Waals surface area contributed by atoms with Crippen LogP contribution in [-0.2, 0) is 6.42 Å². The third-order valence-electron chi connectivity index (χ3n) is 3.17. The van der Waals surface area contributed by atoms with Crippen molar-refractivity contribution < 1.29 is 4.52 Å². The fourth-order valence-corrected chi connectivity index (χ4v) is 2.26. The maximum atomic E-state index is 5.42. The molecular weight excluding hydrogens is 238 g/mol. The third kappa shape index (κ3) is 3.88.